The van der Waals surface area contributed by atoms with Crippen LogP contribution in [0.4, 0.5) is 0 Å². The molecular formula is C11H9N3OS. The molecule has 0 saturated heterocycles. The summed E-state index contributed by atoms with van der Waals surface area (Å²) in [5.41, 5.74) is 0.794. The first-order valence-corrected chi connectivity index (χ1v) is 5.69. The van der Waals surface area contributed by atoms with Gasteiger partial charge in [0.15, 0.2) is 11.5 Å². The lowest BCUT2D eigenvalue weighted by Gasteiger charge is -2.00. The average Bonchev–Trinajstić information content (AvgIpc) is 2.96. The van der Waals surface area contributed by atoms with Crippen molar-refractivity contribution in [1.29, 1.82) is 0 Å². The van der Waals surface area contributed by atoms with Gasteiger partial charge in [-0.15, -0.1) is 21.5 Å². The summed E-state index contributed by atoms with van der Waals surface area (Å²) in [7, 11) is 1.64. The third-order valence-electron chi connectivity index (χ3n) is 2.36. The topological polar surface area (TPSA) is 39.4 Å². The molecule has 5 heteroatoms. The number of pyridine rings is 1. The van der Waals surface area contributed by atoms with Gasteiger partial charge in [-0.1, -0.05) is 6.07 Å². The lowest BCUT2D eigenvalue weighted by Crippen LogP contribution is -1.89. The fourth-order valence-electron chi connectivity index (χ4n) is 1.57. The van der Waals surface area contributed by atoms with Gasteiger partial charge in [0.2, 0.25) is 0 Å². The summed E-state index contributed by atoms with van der Waals surface area (Å²) in [5.74, 6) is 1.66. The van der Waals surface area contributed by atoms with Crippen LogP contribution in [0, 0.1) is 0 Å². The maximum atomic E-state index is 5.14. The minimum atomic E-state index is 0.789. The van der Waals surface area contributed by atoms with Crippen molar-refractivity contribution in [2.24, 2.45) is 0 Å². The summed E-state index contributed by atoms with van der Waals surface area (Å²) in [6.45, 7) is 0. The molecule has 80 valence electrons. The van der Waals surface area contributed by atoms with E-state index in [1.807, 2.05) is 40.2 Å². The maximum Gasteiger partial charge on any atom is 0.178 e. The summed E-state index contributed by atoms with van der Waals surface area (Å²) >= 11 is 1.65. The van der Waals surface area contributed by atoms with E-state index in [2.05, 4.69) is 10.2 Å². The second-order valence-corrected chi connectivity index (χ2v) is 4.24. The molecule has 0 spiro atoms. The SMILES string of the molecule is COc1ccn2c(-c3cccs3)nnc2c1. The zero-order valence-electron chi connectivity index (χ0n) is 8.62. The Bertz CT molecular complexity index is 615. The van der Waals surface area contributed by atoms with E-state index in [9.17, 15) is 0 Å². The first-order chi connectivity index (χ1) is 7.88. The molecule has 0 amide bonds. The number of hydrogen-bond donors (Lipinski definition) is 0. The predicted octanol–water partition coefficient (Wildman–Crippen LogP) is 2.47. The van der Waals surface area contributed by atoms with Crippen molar-refractivity contribution >= 4 is 17.0 Å². The molecule has 0 aliphatic rings. The monoisotopic (exact) mass is 231 g/mol. The zero-order valence-corrected chi connectivity index (χ0v) is 9.44. The van der Waals surface area contributed by atoms with E-state index in [1.54, 1.807) is 18.4 Å². The Morgan fingerprint density at radius 3 is 3.00 bits per heavy atom. The van der Waals surface area contributed by atoms with Crippen molar-refractivity contribution in [2.75, 3.05) is 7.11 Å². The summed E-state index contributed by atoms with van der Waals surface area (Å²) in [6.07, 6.45) is 1.92. The first kappa shape index (κ1) is 9.35. The van der Waals surface area contributed by atoms with E-state index in [0.717, 1.165) is 22.1 Å². The number of ether oxygens (including phenoxy) is 1. The van der Waals surface area contributed by atoms with Gasteiger partial charge in [0.25, 0.3) is 0 Å². The van der Waals surface area contributed by atoms with E-state index in [4.69, 9.17) is 4.74 Å². The van der Waals surface area contributed by atoms with Crippen molar-refractivity contribution in [3.63, 3.8) is 0 Å². The molecule has 0 aliphatic heterocycles. The fraction of sp³-hybridized carbons (Fsp3) is 0.0909. The Morgan fingerprint density at radius 1 is 1.31 bits per heavy atom. The molecule has 3 heterocycles. The Hall–Kier alpha value is -1.88. The molecule has 3 rings (SSSR count). The highest BCUT2D eigenvalue weighted by Gasteiger charge is 2.08. The van der Waals surface area contributed by atoms with Gasteiger partial charge in [0.05, 0.1) is 12.0 Å². The summed E-state index contributed by atoms with van der Waals surface area (Å²) in [5, 5.41) is 10.3. The first-order valence-electron chi connectivity index (χ1n) is 4.81. The molecule has 3 aromatic heterocycles. The quantitative estimate of drug-likeness (QED) is 0.680. The van der Waals surface area contributed by atoms with E-state index in [0.29, 0.717) is 0 Å². The molecule has 0 radical (unpaired) electrons. The highest BCUT2D eigenvalue weighted by atomic mass is 32.1. The van der Waals surface area contributed by atoms with Crippen LogP contribution >= 0.6 is 11.3 Å². The second-order valence-electron chi connectivity index (χ2n) is 3.30. The summed E-state index contributed by atoms with van der Waals surface area (Å²) in [6, 6.07) is 7.80. The van der Waals surface area contributed by atoms with E-state index >= 15 is 0 Å². The van der Waals surface area contributed by atoms with Crippen LogP contribution in [0.1, 0.15) is 0 Å². The van der Waals surface area contributed by atoms with Crippen LogP contribution in [0.5, 0.6) is 5.75 Å². The molecule has 0 fully saturated rings. The van der Waals surface area contributed by atoms with Crippen molar-refractivity contribution in [3.8, 4) is 16.5 Å². The molecule has 0 atom stereocenters. The molecule has 0 saturated carbocycles. The molecule has 0 N–H and O–H groups in total. The Labute approximate surface area is 96.1 Å². The number of hydrogen-bond acceptors (Lipinski definition) is 4. The maximum absolute atomic E-state index is 5.14. The molecule has 0 aliphatic carbocycles. The molecule has 0 aromatic carbocycles. The number of fused-ring (bicyclic) bond motifs is 1. The minimum Gasteiger partial charge on any atom is -0.497 e. The smallest absolute Gasteiger partial charge is 0.178 e. The van der Waals surface area contributed by atoms with Gasteiger partial charge in [0, 0.05) is 12.3 Å². The highest BCUT2D eigenvalue weighted by Crippen LogP contribution is 2.24. The lowest BCUT2D eigenvalue weighted by atomic mass is 10.4. The summed E-state index contributed by atoms with van der Waals surface area (Å²) < 4.78 is 7.10. The zero-order chi connectivity index (χ0) is 11.0. The van der Waals surface area contributed by atoms with Crippen LogP contribution in [-0.2, 0) is 0 Å². The van der Waals surface area contributed by atoms with Gasteiger partial charge >= 0.3 is 0 Å². The predicted molar refractivity (Wildman–Crippen MR) is 62.9 cm³/mol. The molecule has 16 heavy (non-hydrogen) atoms. The van der Waals surface area contributed by atoms with Gasteiger partial charge in [-0.3, -0.25) is 4.40 Å². The van der Waals surface area contributed by atoms with Crippen molar-refractivity contribution < 1.29 is 4.74 Å². The van der Waals surface area contributed by atoms with Gasteiger partial charge in [0.1, 0.15) is 5.75 Å². The fourth-order valence-corrected chi connectivity index (χ4v) is 2.28. The van der Waals surface area contributed by atoms with E-state index < -0.39 is 0 Å². The molecular weight excluding hydrogens is 222 g/mol. The summed E-state index contributed by atoms with van der Waals surface area (Å²) in [4.78, 5) is 1.11. The number of rotatable bonds is 2. The van der Waals surface area contributed by atoms with Crippen molar-refractivity contribution in [2.45, 2.75) is 0 Å². The standard InChI is InChI=1S/C11H9N3OS/c1-15-8-4-5-14-10(7-8)12-13-11(14)9-3-2-6-16-9/h2-7H,1H3. The number of methoxy groups -OCH3 is 1. The van der Waals surface area contributed by atoms with Crippen LogP contribution in [0.2, 0.25) is 0 Å². The van der Waals surface area contributed by atoms with Crippen LogP contribution in [0.3, 0.4) is 0 Å². The van der Waals surface area contributed by atoms with Crippen LogP contribution in [0.15, 0.2) is 35.8 Å². The number of thiophene rings is 1. The van der Waals surface area contributed by atoms with Crippen LogP contribution in [0.25, 0.3) is 16.3 Å². The van der Waals surface area contributed by atoms with Gasteiger partial charge in [-0.05, 0) is 17.5 Å². The van der Waals surface area contributed by atoms with Crippen molar-refractivity contribution in [1.82, 2.24) is 14.6 Å². The third-order valence-corrected chi connectivity index (χ3v) is 3.22. The van der Waals surface area contributed by atoms with Gasteiger partial charge < -0.3 is 4.74 Å². The molecule has 3 aromatic rings. The van der Waals surface area contributed by atoms with Crippen LogP contribution < -0.4 is 4.74 Å². The lowest BCUT2D eigenvalue weighted by molar-refractivity contribution is 0.414. The van der Waals surface area contributed by atoms with Gasteiger partial charge in [-0.2, -0.15) is 0 Å². The number of nitrogens with zero attached hydrogens (tertiary/aromatic N) is 3. The Balaban J connectivity index is 2.21. The molecule has 0 bridgehead atoms. The minimum absolute atomic E-state index is 0.789. The van der Waals surface area contributed by atoms with Gasteiger partial charge in [-0.25, -0.2) is 0 Å². The second kappa shape index (κ2) is 3.61. The van der Waals surface area contributed by atoms with E-state index in [1.165, 1.54) is 0 Å². The Kier molecular flexibility index (Phi) is 2.11. The molecule has 0 unspecified atom stereocenters. The molecule has 4 nitrogen and oxygen atoms in total. The van der Waals surface area contributed by atoms with Crippen LogP contribution in [-0.4, -0.2) is 21.7 Å². The van der Waals surface area contributed by atoms with E-state index in [-0.39, 0.29) is 0 Å². The highest BCUT2D eigenvalue weighted by molar-refractivity contribution is 7.13. The average molecular weight is 231 g/mol. The van der Waals surface area contributed by atoms with Crippen molar-refractivity contribution in [3.05, 3.63) is 35.8 Å². The normalized spacial score (nSPS) is 10.8. The number of aromatic nitrogens is 3. The largest absolute Gasteiger partial charge is 0.497 e. The Morgan fingerprint density at radius 2 is 2.25 bits per heavy atom. The third kappa shape index (κ3) is 1.37.